The first kappa shape index (κ1) is 19.5. The third kappa shape index (κ3) is 4.41. The van der Waals surface area contributed by atoms with E-state index in [1.807, 2.05) is 73.7 Å². The molecule has 30 heavy (non-hydrogen) atoms. The number of anilines is 1. The molecule has 0 bridgehead atoms. The van der Waals surface area contributed by atoms with E-state index in [1.54, 1.807) is 18.2 Å². The monoisotopic (exact) mass is 398 g/mol. The lowest BCUT2D eigenvalue weighted by molar-refractivity contribution is -0.123. The van der Waals surface area contributed by atoms with Crippen molar-refractivity contribution in [2.24, 2.45) is 0 Å². The molecule has 3 aromatic rings. The summed E-state index contributed by atoms with van der Waals surface area (Å²) in [6.07, 6.45) is 1.71. The van der Waals surface area contributed by atoms with Crippen LogP contribution in [0.25, 0.3) is 6.08 Å². The normalized spacial score (nSPS) is 14.2. The van der Waals surface area contributed by atoms with Gasteiger partial charge in [-0.15, -0.1) is 0 Å². The lowest BCUT2D eigenvalue weighted by Crippen LogP contribution is -2.44. The van der Waals surface area contributed by atoms with Gasteiger partial charge >= 0.3 is 0 Å². The van der Waals surface area contributed by atoms with Crippen LogP contribution in [-0.4, -0.2) is 18.4 Å². The maximum absolute atomic E-state index is 13.1. The summed E-state index contributed by atoms with van der Waals surface area (Å²) in [4.78, 5) is 27.2. The molecule has 1 aliphatic heterocycles. The number of carbonyl (C=O) groups is 2. The molecular formula is C25H22N2O3. The predicted molar refractivity (Wildman–Crippen MR) is 117 cm³/mol. The average Bonchev–Trinajstić information content (AvgIpc) is 2.76. The van der Waals surface area contributed by atoms with Crippen molar-refractivity contribution in [1.29, 1.82) is 0 Å². The summed E-state index contributed by atoms with van der Waals surface area (Å²) in [7, 11) is 0. The number of para-hydroxylation sites is 2. The summed E-state index contributed by atoms with van der Waals surface area (Å²) in [6, 6.07) is 24.7. The molecular weight excluding hydrogens is 376 g/mol. The summed E-state index contributed by atoms with van der Waals surface area (Å²) in [6.45, 7) is 2.31. The first-order valence-electron chi connectivity index (χ1n) is 9.78. The highest BCUT2D eigenvalue weighted by Gasteiger charge is 2.31. The summed E-state index contributed by atoms with van der Waals surface area (Å²) in [5.41, 5.74) is 3.54. The second kappa shape index (κ2) is 8.66. The largest absolute Gasteiger partial charge is 0.449 e. The third-order valence-electron chi connectivity index (χ3n) is 4.81. The van der Waals surface area contributed by atoms with Gasteiger partial charge in [0.2, 0.25) is 5.91 Å². The maximum atomic E-state index is 13.1. The molecule has 0 radical (unpaired) electrons. The molecule has 0 fully saturated rings. The Morgan fingerprint density at radius 3 is 2.57 bits per heavy atom. The number of nitrogens with one attached hydrogen (secondary N) is 1. The van der Waals surface area contributed by atoms with Gasteiger partial charge in [0.25, 0.3) is 5.91 Å². The van der Waals surface area contributed by atoms with Crippen molar-refractivity contribution in [3.05, 3.63) is 101 Å². The van der Waals surface area contributed by atoms with E-state index in [0.717, 1.165) is 16.7 Å². The van der Waals surface area contributed by atoms with Gasteiger partial charge in [-0.3, -0.25) is 14.5 Å². The molecule has 1 aliphatic rings. The minimum Gasteiger partial charge on any atom is -0.449 e. The Hall–Kier alpha value is -3.86. The van der Waals surface area contributed by atoms with Gasteiger partial charge in [0, 0.05) is 6.54 Å². The van der Waals surface area contributed by atoms with Crippen molar-refractivity contribution in [3.63, 3.8) is 0 Å². The molecule has 0 spiro atoms. The number of nitrogens with zero attached hydrogens (tertiary/aromatic N) is 1. The quantitative estimate of drug-likeness (QED) is 0.659. The van der Waals surface area contributed by atoms with Crippen molar-refractivity contribution in [2.75, 3.05) is 11.4 Å². The van der Waals surface area contributed by atoms with Crippen molar-refractivity contribution in [2.45, 2.75) is 13.5 Å². The maximum Gasteiger partial charge on any atom is 0.294 e. The molecule has 0 aromatic heterocycles. The Kier molecular flexibility index (Phi) is 5.61. The van der Waals surface area contributed by atoms with Crippen LogP contribution in [0.1, 0.15) is 16.7 Å². The molecule has 0 saturated heterocycles. The van der Waals surface area contributed by atoms with Crippen molar-refractivity contribution in [3.8, 4) is 5.75 Å². The summed E-state index contributed by atoms with van der Waals surface area (Å²) in [5, 5.41) is 2.88. The SMILES string of the molecule is Cc1cccc(/C=C2/Oc3ccccc3N(CC(=O)NCc3ccccc3)C2=O)c1. The van der Waals surface area contributed by atoms with Crippen molar-refractivity contribution < 1.29 is 14.3 Å². The number of hydrogen-bond donors (Lipinski definition) is 1. The fraction of sp³-hybridized carbons (Fsp3) is 0.120. The number of carbonyl (C=O) groups excluding carboxylic acids is 2. The van der Waals surface area contributed by atoms with E-state index in [1.165, 1.54) is 4.90 Å². The zero-order valence-electron chi connectivity index (χ0n) is 16.7. The molecule has 0 aliphatic carbocycles. The van der Waals surface area contributed by atoms with Crippen LogP contribution in [0.5, 0.6) is 5.75 Å². The van der Waals surface area contributed by atoms with Gasteiger partial charge in [-0.2, -0.15) is 0 Å². The molecule has 0 saturated carbocycles. The lowest BCUT2D eigenvalue weighted by atomic mass is 10.1. The smallest absolute Gasteiger partial charge is 0.294 e. The Morgan fingerprint density at radius 1 is 1.00 bits per heavy atom. The Morgan fingerprint density at radius 2 is 1.77 bits per heavy atom. The summed E-state index contributed by atoms with van der Waals surface area (Å²) in [5.74, 6) is 0.158. The van der Waals surface area contributed by atoms with Crippen LogP contribution >= 0.6 is 0 Å². The van der Waals surface area contributed by atoms with Gasteiger partial charge in [0.05, 0.1) is 5.69 Å². The Labute approximate surface area is 175 Å². The highest BCUT2D eigenvalue weighted by molar-refractivity contribution is 6.12. The molecule has 0 atom stereocenters. The van der Waals surface area contributed by atoms with E-state index in [9.17, 15) is 9.59 Å². The number of rotatable bonds is 5. The van der Waals surface area contributed by atoms with E-state index in [4.69, 9.17) is 4.74 Å². The second-order valence-corrected chi connectivity index (χ2v) is 7.15. The van der Waals surface area contributed by atoms with Crippen LogP contribution in [0.2, 0.25) is 0 Å². The van der Waals surface area contributed by atoms with Crippen molar-refractivity contribution in [1.82, 2.24) is 5.32 Å². The van der Waals surface area contributed by atoms with Crippen LogP contribution < -0.4 is 15.0 Å². The summed E-state index contributed by atoms with van der Waals surface area (Å²) < 4.78 is 5.87. The fourth-order valence-electron chi connectivity index (χ4n) is 3.33. The van der Waals surface area contributed by atoms with Crippen LogP contribution in [0.15, 0.2) is 84.6 Å². The molecule has 3 aromatic carbocycles. The third-order valence-corrected chi connectivity index (χ3v) is 4.81. The van der Waals surface area contributed by atoms with Gasteiger partial charge in [0.15, 0.2) is 11.5 Å². The topological polar surface area (TPSA) is 58.6 Å². The lowest BCUT2D eigenvalue weighted by Gasteiger charge is -2.30. The fourth-order valence-corrected chi connectivity index (χ4v) is 3.33. The average molecular weight is 398 g/mol. The minimum absolute atomic E-state index is 0.0861. The molecule has 4 rings (SSSR count). The first-order valence-corrected chi connectivity index (χ1v) is 9.78. The van der Waals surface area contributed by atoms with E-state index in [0.29, 0.717) is 18.0 Å². The van der Waals surface area contributed by atoms with Crippen LogP contribution in [0, 0.1) is 6.92 Å². The van der Waals surface area contributed by atoms with E-state index in [2.05, 4.69) is 5.32 Å². The van der Waals surface area contributed by atoms with Gasteiger partial charge in [-0.05, 0) is 36.3 Å². The highest BCUT2D eigenvalue weighted by atomic mass is 16.5. The highest BCUT2D eigenvalue weighted by Crippen LogP contribution is 2.35. The second-order valence-electron chi connectivity index (χ2n) is 7.15. The van der Waals surface area contributed by atoms with E-state index in [-0.39, 0.29) is 24.1 Å². The molecule has 150 valence electrons. The van der Waals surface area contributed by atoms with Crippen molar-refractivity contribution >= 4 is 23.6 Å². The van der Waals surface area contributed by atoms with Crippen LogP contribution in [-0.2, 0) is 16.1 Å². The van der Waals surface area contributed by atoms with Crippen LogP contribution in [0.4, 0.5) is 5.69 Å². The molecule has 5 nitrogen and oxygen atoms in total. The number of fused-ring (bicyclic) bond motifs is 1. The molecule has 0 unspecified atom stereocenters. The number of amides is 2. The van der Waals surface area contributed by atoms with Gasteiger partial charge in [-0.25, -0.2) is 0 Å². The van der Waals surface area contributed by atoms with Gasteiger partial charge in [0.1, 0.15) is 6.54 Å². The standard InChI is InChI=1S/C25H22N2O3/c1-18-8-7-11-20(14-18)15-23-25(29)27(21-12-5-6-13-22(21)30-23)17-24(28)26-16-19-9-3-2-4-10-19/h2-15H,16-17H2,1H3,(H,26,28)/b23-15+. The first-order chi connectivity index (χ1) is 14.6. The molecule has 1 N–H and O–H groups in total. The number of hydrogen-bond acceptors (Lipinski definition) is 3. The van der Waals surface area contributed by atoms with Gasteiger partial charge < -0.3 is 10.1 Å². The number of aryl methyl sites for hydroxylation is 1. The Balaban J connectivity index is 1.56. The summed E-state index contributed by atoms with van der Waals surface area (Å²) >= 11 is 0. The predicted octanol–water partition coefficient (Wildman–Crippen LogP) is 4.08. The van der Waals surface area contributed by atoms with Gasteiger partial charge in [-0.1, -0.05) is 72.3 Å². The molecule has 2 amide bonds. The number of benzene rings is 3. The Bertz CT molecular complexity index is 1110. The molecule has 1 heterocycles. The zero-order chi connectivity index (χ0) is 20.9. The van der Waals surface area contributed by atoms with E-state index < -0.39 is 0 Å². The molecule has 5 heteroatoms. The zero-order valence-corrected chi connectivity index (χ0v) is 16.7. The minimum atomic E-state index is -0.343. The van der Waals surface area contributed by atoms with Crippen LogP contribution in [0.3, 0.4) is 0 Å². The van der Waals surface area contributed by atoms with E-state index >= 15 is 0 Å². The number of ether oxygens (including phenoxy) is 1.